The molecular formula is C26H39O5PSi. The van der Waals surface area contributed by atoms with Gasteiger partial charge in [-0.1, -0.05) is 87.9 Å². The predicted molar refractivity (Wildman–Crippen MR) is 138 cm³/mol. The molecule has 0 saturated carbocycles. The molecule has 0 aliphatic heterocycles. The van der Waals surface area contributed by atoms with Crippen LogP contribution in [0, 0.1) is 0 Å². The highest BCUT2D eigenvalue weighted by Gasteiger charge is 2.49. The summed E-state index contributed by atoms with van der Waals surface area (Å²) in [5, 5.41) is 2.45. The van der Waals surface area contributed by atoms with E-state index in [-0.39, 0.29) is 24.7 Å². The summed E-state index contributed by atoms with van der Waals surface area (Å²) in [6, 6.07) is 21.1. The number of hydrogen-bond donors (Lipinski definition) is 0. The van der Waals surface area contributed by atoms with E-state index in [1.807, 2.05) is 12.1 Å². The molecule has 7 heteroatoms. The Morgan fingerprint density at radius 1 is 0.818 bits per heavy atom. The Morgan fingerprint density at radius 2 is 1.30 bits per heavy atom. The van der Waals surface area contributed by atoms with E-state index in [0.717, 1.165) is 12.8 Å². The second-order valence-corrected chi connectivity index (χ2v) is 15.4. The fourth-order valence-corrected chi connectivity index (χ4v) is 10.3. The third-order valence-electron chi connectivity index (χ3n) is 5.67. The van der Waals surface area contributed by atoms with Crippen molar-refractivity contribution in [2.45, 2.75) is 65.3 Å². The fourth-order valence-electron chi connectivity index (χ4n) is 4.20. The van der Waals surface area contributed by atoms with Crippen LogP contribution in [0.5, 0.6) is 0 Å². The van der Waals surface area contributed by atoms with Gasteiger partial charge in [-0.05, 0) is 42.1 Å². The second kappa shape index (κ2) is 12.8. The van der Waals surface area contributed by atoms with Crippen LogP contribution in [0.25, 0.3) is 0 Å². The predicted octanol–water partition coefficient (Wildman–Crippen LogP) is 5.92. The smallest absolute Gasteiger partial charge is 0.396 e. The summed E-state index contributed by atoms with van der Waals surface area (Å²) in [5.41, 5.74) is -0.431. The lowest BCUT2D eigenvalue weighted by Crippen LogP contribution is -2.66. The average molecular weight is 491 g/mol. The molecule has 33 heavy (non-hydrogen) atoms. The summed E-state index contributed by atoms with van der Waals surface area (Å²) in [7, 11) is -6.19. The lowest BCUT2D eigenvalue weighted by atomic mass is 10.2. The van der Waals surface area contributed by atoms with Gasteiger partial charge < -0.3 is 13.5 Å². The van der Waals surface area contributed by atoms with Crippen LogP contribution in [-0.4, -0.2) is 33.7 Å². The number of unbranched alkanes of at least 4 members (excludes halogenated alkanes) is 2. The highest BCUT2D eigenvalue weighted by molar-refractivity contribution is 7.71. The van der Waals surface area contributed by atoms with Crippen molar-refractivity contribution in [1.82, 2.24) is 0 Å². The molecule has 0 aliphatic rings. The summed E-state index contributed by atoms with van der Waals surface area (Å²) < 4.78 is 29.8. The molecule has 2 rings (SSSR count). The highest BCUT2D eigenvalue weighted by Crippen LogP contribution is 2.50. The van der Waals surface area contributed by atoms with E-state index in [1.54, 1.807) is 13.8 Å². The van der Waals surface area contributed by atoms with E-state index in [9.17, 15) is 9.36 Å². The van der Waals surface area contributed by atoms with Gasteiger partial charge in [0.2, 0.25) is 5.52 Å². The number of benzene rings is 2. The third-order valence-corrected chi connectivity index (χ3v) is 12.7. The van der Waals surface area contributed by atoms with Gasteiger partial charge in [-0.15, -0.1) is 0 Å². The Bertz CT molecular complexity index is 846. The largest absolute Gasteiger partial charge is 0.407 e. The minimum Gasteiger partial charge on any atom is -0.407 e. The summed E-state index contributed by atoms with van der Waals surface area (Å²) in [6.45, 7) is 11.2. The molecule has 5 nitrogen and oxygen atoms in total. The summed E-state index contributed by atoms with van der Waals surface area (Å²) in [4.78, 5) is 12.4. The van der Waals surface area contributed by atoms with Crippen LogP contribution in [-0.2, 0) is 22.8 Å². The molecule has 182 valence electrons. The third kappa shape index (κ3) is 6.97. The number of hydrogen-bond acceptors (Lipinski definition) is 5. The van der Waals surface area contributed by atoms with Gasteiger partial charge in [0.1, 0.15) is 0 Å². The summed E-state index contributed by atoms with van der Waals surface area (Å²) in [6.07, 6.45) is 2.46. The fraction of sp³-hybridized carbons (Fsp3) is 0.500. The highest BCUT2D eigenvalue weighted by atomic mass is 31.2. The first-order chi connectivity index (χ1) is 15.7. The SMILES string of the molecule is CCOP(=O)(OCC)C(=O)CCCCCO[Si](c1ccccc1)(c1ccccc1)C(C)(C)C. The van der Waals surface area contributed by atoms with E-state index in [2.05, 4.69) is 69.3 Å². The molecule has 0 heterocycles. The van der Waals surface area contributed by atoms with Gasteiger partial charge in [0, 0.05) is 13.0 Å². The monoisotopic (exact) mass is 490 g/mol. The molecule has 0 amide bonds. The molecule has 0 radical (unpaired) electrons. The Labute approximate surface area is 200 Å². The van der Waals surface area contributed by atoms with Crippen molar-refractivity contribution in [3.05, 3.63) is 60.7 Å². The Hall–Kier alpha value is -1.56. The van der Waals surface area contributed by atoms with Crippen molar-refractivity contribution >= 4 is 31.8 Å². The minimum atomic E-state index is -3.66. The first-order valence-electron chi connectivity index (χ1n) is 11.9. The van der Waals surface area contributed by atoms with Gasteiger partial charge in [-0.3, -0.25) is 9.36 Å². The van der Waals surface area contributed by atoms with Crippen LogP contribution < -0.4 is 10.4 Å². The van der Waals surface area contributed by atoms with Gasteiger partial charge in [-0.2, -0.15) is 0 Å². The summed E-state index contributed by atoms with van der Waals surface area (Å²) in [5.74, 6) is 0. The Balaban J connectivity index is 2.06. The van der Waals surface area contributed by atoms with E-state index < -0.39 is 21.4 Å². The molecule has 0 spiro atoms. The molecule has 0 atom stereocenters. The lowest BCUT2D eigenvalue weighted by molar-refractivity contribution is -0.114. The number of carbonyl (C=O) groups is 1. The molecule has 2 aromatic rings. The van der Waals surface area contributed by atoms with Gasteiger partial charge in [-0.25, -0.2) is 0 Å². The first kappa shape index (κ1) is 27.7. The van der Waals surface area contributed by atoms with Crippen LogP contribution >= 0.6 is 7.60 Å². The minimum absolute atomic E-state index is 0.0622. The zero-order valence-electron chi connectivity index (χ0n) is 20.7. The van der Waals surface area contributed by atoms with Crippen LogP contribution in [0.3, 0.4) is 0 Å². The van der Waals surface area contributed by atoms with E-state index >= 15 is 0 Å². The maximum Gasteiger partial charge on any atom is 0.396 e. The molecule has 0 N–H and O–H groups in total. The molecule has 0 saturated heterocycles. The van der Waals surface area contributed by atoms with E-state index in [4.69, 9.17) is 13.5 Å². The van der Waals surface area contributed by atoms with Crippen molar-refractivity contribution in [2.24, 2.45) is 0 Å². The molecule has 0 unspecified atom stereocenters. The van der Waals surface area contributed by atoms with Crippen LogP contribution in [0.15, 0.2) is 60.7 Å². The molecule has 0 bridgehead atoms. The molecule has 2 aromatic carbocycles. The standard InChI is InChI=1S/C26H39O5PSi/c1-6-29-32(28,30-7-2)25(27)21-15-10-16-22-31-33(26(3,4)5,23-17-11-8-12-18-23)24-19-13-9-14-20-24/h8-9,11-14,17-20H,6-7,10,15-16,21-22H2,1-5H3. The first-order valence-corrected chi connectivity index (χ1v) is 15.3. The zero-order chi connectivity index (χ0) is 24.4. The Kier molecular flexibility index (Phi) is 10.7. The zero-order valence-corrected chi connectivity index (χ0v) is 22.6. The van der Waals surface area contributed by atoms with Gasteiger partial charge in [0.25, 0.3) is 8.32 Å². The average Bonchev–Trinajstić information content (AvgIpc) is 2.79. The summed E-state index contributed by atoms with van der Waals surface area (Å²) >= 11 is 0. The van der Waals surface area contributed by atoms with Crippen molar-refractivity contribution in [3.63, 3.8) is 0 Å². The normalized spacial score (nSPS) is 12.6. The maximum atomic E-state index is 12.6. The Morgan fingerprint density at radius 3 is 1.73 bits per heavy atom. The van der Waals surface area contributed by atoms with Crippen molar-refractivity contribution < 1.29 is 22.8 Å². The van der Waals surface area contributed by atoms with E-state index in [1.165, 1.54) is 10.4 Å². The van der Waals surface area contributed by atoms with Crippen molar-refractivity contribution in [3.8, 4) is 0 Å². The van der Waals surface area contributed by atoms with Crippen LogP contribution in [0.2, 0.25) is 5.04 Å². The molecule has 0 fully saturated rings. The van der Waals surface area contributed by atoms with Crippen LogP contribution in [0.4, 0.5) is 0 Å². The van der Waals surface area contributed by atoms with Crippen molar-refractivity contribution in [1.29, 1.82) is 0 Å². The van der Waals surface area contributed by atoms with Crippen LogP contribution in [0.1, 0.15) is 60.3 Å². The molecular weight excluding hydrogens is 451 g/mol. The lowest BCUT2D eigenvalue weighted by Gasteiger charge is -2.43. The second-order valence-electron chi connectivity index (χ2n) is 9.05. The van der Waals surface area contributed by atoms with Crippen molar-refractivity contribution in [2.75, 3.05) is 19.8 Å². The van der Waals surface area contributed by atoms with Gasteiger partial charge in [0.05, 0.1) is 13.2 Å². The molecule has 0 aliphatic carbocycles. The topological polar surface area (TPSA) is 61.8 Å². The van der Waals surface area contributed by atoms with E-state index in [0.29, 0.717) is 13.0 Å². The number of carbonyl (C=O) groups excluding carboxylic acids is 1. The number of rotatable bonds is 14. The molecule has 0 aromatic heterocycles. The maximum absolute atomic E-state index is 12.6. The quantitative estimate of drug-likeness (QED) is 0.187. The van der Waals surface area contributed by atoms with Gasteiger partial charge >= 0.3 is 7.60 Å². The van der Waals surface area contributed by atoms with Gasteiger partial charge in [0.15, 0.2) is 0 Å².